The molecule has 7 heteroatoms. The summed E-state index contributed by atoms with van der Waals surface area (Å²) in [6, 6.07) is 16.6. The van der Waals surface area contributed by atoms with E-state index in [4.69, 9.17) is 15.2 Å². The van der Waals surface area contributed by atoms with Crippen molar-refractivity contribution in [2.45, 2.75) is 25.3 Å². The number of carbonyl (C=O) groups is 2. The first-order valence-electron chi connectivity index (χ1n) is 10.8. The molecule has 1 aromatic heterocycles. The van der Waals surface area contributed by atoms with Gasteiger partial charge in [-0.1, -0.05) is 12.1 Å². The summed E-state index contributed by atoms with van der Waals surface area (Å²) in [4.78, 5) is 28.9. The molecule has 1 heterocycles. The van der Waals surface area contributed by atoms with Crippen molar-refractivity contribution in [2.24, 2.45) is 5.73 Å². The number of benzene rings is 3. The van der Waals surface area contributed by atoms with Crippen molar-refractivity contribution in [2.75, 3.05) is 7.11 Å². The zero-order chi connectivity index (χ0) is 22.9. The fraction of sp³-hybridized carbons (Fsp3) is 0.192. The van der Waals surface area contributed by atoms with Crippen molar-refractivity contribution in [3.8, 4) is 17.2 Å². The minimum atomic E-state index is -0.595. The highest BCUT2D eigenvalue weighted by molar-refractivity contribution is 6.07. The van der Waals surface area contributed by atoms with Crippen LogP contribution in [-0.4, -0.2) is 29.9 Å². The minimum Gasteiger partial charge on any atom is -0.496 e. The summed E-state index contributed by atoms with van der Waals surface area (Å²) in [6.07, 6.45) is 4.87. The second-order valence-electron chi connectivity index (χ2n) is 8.13. The fourth-order valence-electron chi connectivity index (χ4n) is 4.06. The van der Waals surface area contributed by atoms with E-state index in [0.29, 0.717) is 33.7 Å². The second kappa shape index (κ2) is 8.43. The van der Waals surface area contributed by atoms with Crippen LogP contribution in [0, 0.1) is 0 Å². The molecule has 1 fully saturated rings. The number of nitrogens with one attached hydrogen (secondary N) is 1. The second-order valence-corrected chi connectivity index (χ2v) is 8.13. The van der Waals surface area contributed by atoms with E-state index in [1.165, 1.54) is 13.5 Å². The van der Waals surface area contributed by atoms with Crippen molar-refractivity contribution in [3.05, 3.63) is 71.9 Å². The van der Waals surface area contributed by atoms with Crippen LogP contribution in [0.1, 0.15) is 40.0 Å². The molecule has 166 valence electrons. The Morgan fingerprint density at radius 1 is 1.00 bits per heavy atom. The number of amides is 2. The van der Waals surface area contributed by atoms with E-state index in [9.17, 15) is 9.59 Å². The van der Waals surface area contributed by atoms with E-state index in [1.54, 1.807) is 24.4 Å². The van der Waals surface area contributed by atoms with Gasteiger partial charge in [-0.3, -0.25) is 14.6 Å². The first kappa shape index (κ1) is 20.8. The molecule has 0 atom stereocenters. The average Bonchev–Trinajstić information content (AvgIpc) is 2.80. The van der Waals surface area contributed by atoms with E-state index in [0.717, 1.165) is 23.6 Å². The van der Waals surface area contributed by atoms with Crippen molar-refractivity contribution in [1.82, 2.24) is 10.3 Å². The number of ether oxygens (including phenoxy) is 2. The van der Waals surface area contributed by atoms with Crippen LogP contribution < -0.4 is 20.5 Å². The summed E-state index contributed by atoms with van der Waals surface area (Å²) >= 11 is 0. The molecule has 1 aliphatic carbocycles. The number of aromatic nitrogens is 1. The molecular formula is C26H23N3O4. The van der Waals surface area contributed by atoms with Gasteiger partial charge in [-0.25, -0.2) is 0 Å². The Balaban J connectivity index is 1.49. The Morgan fingerprint density at radius 2 is 1.85 bits per heavy atom. The highest BCUT2D eigenvalue weighted by Gasteiger charge is 2.21. The average molecular weight is 441 g/mol. The third kappa shape index (κ3) is 3.93. The summed E-state index contributed by atoms with van der Waals surface area (Å²) in [7, 11) is 1.48. The SMILES string of the molecule is COc1cc2nccc(Oc3ccc4c(C(=O)NC5CCC5)cccc4c3)c2cc1C(N)=O. The highest BCUT2D eigenvalue weighted by Crippen LogP contribution is 2.34. The molecule has 33 heavy (non-hydrogen) atoms. The van der Waals surface area contributed by atoms with Gasteiger partial charge >= 0.3 is 0 Å². The number of primary amides is 1. The van der Waals surface area contributed by atoms with Gasteiger partial charge in [0.1, 0.15) is 17.2 Å². The summed E-state index contributed by atoms with van der Waals surface area (Å²) in [5, 5.41) is 5.50. The Labute approximate surface area is 190 Å². The molecule has 0 aliphatic heterocycles. The van der Waals surface area contributed by atoms with Gasteiger partial charge in [0.05, 0.1) is 18.2 Å². The molecule has 0 saturated heterocycles. The standard InChI is InChI=1S/C26H23N3O4/c1-32-24-14-22-20(13-21(24)25(27)30)23(10-11-28-22)33-17-8-9-18-15(12-17)4-2-7-19(18)26(31)29-16-5-3-6-16/h2,4,7-14,16H,3,5-6H2,1H3,(H2,27,30)(H,29,31). The van der Waals surface area contributed by atoms with Gasteiger partial charge in [0.2, 0.25) is 0 Å². The van der Waals surface area contributed by atoms with Gasteiger partial charge in [-0.05, 0) is 66.4 Å². The zero-order valence-electron chi connectivity index (χ0n) is 18.1. The Kier molecular flexibility index (Phi) is 5.30. The number of rotatable bonds is 6. The lowest BCUT2D eigenvalue weighted by molar-refractivity contribution is 0.0917. The van der Waals surface area contributed by atoms with Crippen LogP contribution in [0.2, 0.25) is 0 Å². The quantitative estimate of drug-likeness (QED) is 0.456. The van der Waals surface area contributed by atoms with Crippen molar-refractivity contribution < 1.29 is 19.1 Å². The lowest BCUT2D eigenvalue weighted by Gasteiger charge is -2.26. The third-order valence-electron chi connectivity index (χ3n) is 6.05. The molecule has 0 spiro atoms. The van der Waals surface area contributed by atoms with Gasteiger partial charge in [0.15, 0.2) is 0 Å². The van der Waals surface area contributed by atoms with Crippen LogP contribution in [0.4, 0.5) is 0 Å². The molecule has 3 N–H and O–H groups in total. The molecule has 0 bridgehead atoms. The number of hydrogen-bond donors (Lipinski definition) is 2. The van der Waals surface area contributed by atoms with E-state index in [2.05, 4.69) is 10.3 Å². The van der Waals surface area contributed by atoms with Gasteiger partial charge < -0.3 is 20.5 Å². The van der Waals surface area contributed by atoms with E-state index < -0.39 is 5.91 Å². The topological polar surface area (TPSA) is 104 Å². The monoisotopic (exact) mass is 441 g/mol. The number of nitrogens with two attached hydrogens (primary N) is 1. The first-order chi connectivity index (χ1) is 16.0. The molecule has 5 rings (SSSR count). The summed E-state index contributed by atoms with van der Waals surface area (Å²) in [5.74, 6) is 0.846. The maximum Gasteiger partial charge on any atom is 0.252 e. The maximum absolute atomic E-state index is 12.7. The number of hydrogen-bond acceptors (Lipinski definition) is 5. The van der Waals surface area contributed by atoms with Crippen LogP contribution in [0.15, 0.2) is 60.8 Å². The number of pyridine rings is 1. The summed E-state index contributed by atoms with van der Waals surface area (Å²) in [5.41, 5.74) is 7.03. The fourth-order valence-corrected chi connectivity index (χ4v) is 4.06. The predicted molar refractivity (Wildman–Crippen MR) is 126 cm³/mol. The minimum absolute atomic E-state index is 0.0491. The van der Waals surface area contributed by atoms with Crippen LogP contribution >= 0.6 is 0 Å². The molecule has 0 unspecified atom stereocenters. The predicted octanol–water partition coefficient (Wildman–Crippen LogP) is 4.57. The van der Waals surface area contributed by atoms with Gasteiger partial charge in [0, 0.05) is 29.3 Å². The number of nitrogens with zero attached hydrogens (tertiary/aromatic N) is 1. The summed E-state index contributed by atoms with van der Waals surface area (Å²) < 4.78 is 11.4. The van der Waals surface area contributed by atoms with E-state index in [1.807, 2.05) is 36.4 Å². The molecule has 2 amide bonds. The maximum atomic E-state index is 12.7. The highest BCUT2D eigenvalue weighted by atomic mass is 16.5. The van der Waals surface area contributed by atoms with Crippen LogP contribution in [-0.2, 0) is 0 Å². The zero-order valence-corrected chi connectivity index (χ0v) is 18.1. The van der Waals surface area contributed by atoms with Gasteiger partial charge in [0.25, 0.3) is 11.8 Å². The molecule has 4 aromatic rings. The van der Waals surface area contributed by atoms with Crippen LogP contribution in [0.3, 0.4) is 0 Å². The Morgan fingerprint density at radius 3 is 2.58 bits per heavy atom. The molecular weight excluding hydrogens is 418 g/mol. The number of carbonyl (C=O) groups excluding carboxylic acids is 2. The van der Waals surface area contributed by atoms with Gasteiger partial charge in [-0.2, -0.15) is 0 Å². The smallest absolute Gasteiger partial charge is 0.252 e. The first-order valence-corrected chi connectivity index (χ1v) is 10.8. The molecule has 0 radical (unpaired) electrons. The largest absolute Gasteiger partial charge is 0.496 e. The lowest BCUT2D eigenvalue weighted by Crippen LogP contribution is -2.39. The third-order valence-corrected chi connectivity index (χ3v) is 6.05. The Hall–Kier alpha value is -4.13. The molecule has 7 nitrogen and oxygen atoms in total. The van der Waals surface area contributed by atoms with E-state index in [-0.39, 0.29) is 17.5 Å². The molecule has 3 aromatic carbocycles. The van der Waals surface area contributed by atoms with Gasteiger partial charge in [-0.15, -0.1) is 0 Å². The van der Waals surface area contributed by atoms with Crippen molar-refractivity contribution in [3.63, 3.8) is 0 Å². The molecule has 1 aliphatic rings. The van der Waals surface area contributed by atoms with Crippen LogP contribution in [0.25, 0.3) is 21.7 Å². The number of fused-ring (bicyclic) bond motifs is 2. The molecule has 1 saturated carbocycles. The van der Waals surface area contributed by atoms with Crippen molar-refractivity contribution in [1.29, 1.82) is 0 Å². The van der Waals surface area contributed by atoms with Crippen molar-refractivity contribution >= 4 is 33.5 Å². The van der Waals surface area contributed by atoms with E-state index >= 15 is 0 Å². The number of methoxy groups -OCH3 is 1. The summed E-state index contributed by atoms with van der Waals surface area (Å²) in [6.45, 7) is 0. The Bertz CT molecular complexity index is 1400. The normalized spacial score (nSPS) is 13.5. The lowest BCUT2D eigenvalue weighted by atomic mass is 9.92. The van der Waals surface area contributed by atoms with Crippen LogP contribution in [0.5, 0.6) is 17.2 Å².